The Balaban J connectivity index is 0.00000320. The van der Waals surface area contributed by atoms with Crippen LogP contribution in [0.3, 0.4) is 0 Å². The summed E-state index contributed by atoms with van der Waals surface area (Å²) in [4.78, 5) is 4.65. The van der Waals surface area contributed by atoms with Crippen LogP contribution in [0.1, 0.15) is 38.9 Å². The van der Waals surface area contributed by atoms with Gasteiger partial charge in [0, 0.05) is 32.5 Å². The summed E-state index contributed by atoms with van der Waals surface area (Å²) < 4.78 is 13.3. The van der Waals surface area contributed by atoms with Gasteiger partial charge in [-0.2, -0.15) is 0 Å². The van der Waals surface area contributed by atoms with Gasteiger partial charge >= 0.3 is 0 Å². The van der Waals surface area contributed by atoms with Crippen molar-refractivity contribution in [1.29, 1.82) is 0 Å². The summed E-state index contributed by atoms with van der Waals surface area (Å²) >= 11 is 0. The summed E-state index contributed by atoms with van der Waals surface area (Å²) in [5, 5.41) is 14.7. The maximum absolute atomic E-state index is 5.70. The molecule has 2 aromatic rings. The zero-order chi connectivity index (χ0) is 20.5. The van der Waals surface area contributed by atoms with E-state index in [0.29, 0.717) is 12.5 Å². The Labute approximate surface area is 195 Å². The molecule has 1 saturated carbocycles. The van der Waals surface area contributed by atoms with Crippen molar-refractivity contribution in [3.63, 3.8) is 0 Å². The fourth-order valence-electron chi connectivity index (χ4n) is 2.68. The average Bonchev–Trinajstić information content (AvgIpc) is 3.43. The van der Waals surface area contributed by atoms with E-state index in [1.54, 1.807) is 6.33 Å². The average molecular weight is 528 g/mol. The Morgan fingerprint density at radius 1 is 1.27 bits per heavy atom. The van der Waals surface area contributed by atoms with Gasteiger partial charge in [-0.1, -0.05) is 0 Å². The molecule has 1 aliphatic carbocycles. The normalized spacial score (nSPS) is 13.8. The fraction of sp³-hybridized carbons (Fsp3) is 0.571. The van der Waals surface area contributed by atoms with Gasteiger partial charge in [0.25, 0.3) is 0 Å². The molecule has 8 nitrogen and oxygen atoms in total. The predicted octanol–water partition coefficient (Wildman–Crippen LogP) is 3.59. The molecule has 2 N–H and O–H groups in total. The number of anilines is 1. The molecule has 0 radical (unpaired) electrons. The number of hydrogen-bond donors (Lipinski definition) is 2. The highest BCUT2D eigenvalue weighted by molar-refractivity contribution is 14.0. The maximum atomic E-state index is 5.70. The monoisotopic (exact) mass is 528 g/mol. The fourth-order valence-corrected chi connectivity index (χ4v) is 2.68. The van der Waals surface area contributed by atoms with Gasteiger partial charge in [0.05, 0.1) is 6.10 Å². The molecule has 0 aliphatic heterocycles. The van der Waals surface area contributed by atoms with Gasteiger partial charge in [-0.25, -0.2) is 4.99 Å². The third-order valence-electron chi connectivity index (χ3n) is 4.48. The highest BCUT2D eigenvalue weighted by Gasteiger charge is 2.20. The first-order valence-corrected chi connectivity index (χ1v) is 10.3. The van der Waals surface area contributed by atoms with Crippen LogP contribution in [0.2, 0.25) is 0 Å². The van der Waals surface area contributed by atoms with Crippen LogP contribution in [-0.2, 0) is 18.3 Å². The first-order valence-electron chi connectivity index (χ1n) is 10.3. The lowest BCUT2D eigenvalue weighted by molar-refractivity contribution is 0.123. The van der Waals surface area contributed by atoms with Gasteiger partial charge < -0.3 is 24.7 Å². The highest BCUT2D eigenvalue weighted by Crippen LogP contribution is 2.28. The molecule has 3 rings (SSSR count). The number of aromatic nitrogens is 3. The molecular formula is C21H33IN6O2. The molecule has 9 heteroatoms. The summed E-state index contributed by atoms with van der Waals surface area (Å²) in [6, 6.07) is 7.87. The van der Waals surface area contributed by atoms with E-state index >= 15 is 0 Å². The van der Waals surface area contributed by atoms with Crippen molar-refractivity contribution in [1.82, 2.24) is 20.1 Å². The zero-order valence-corrected chi connectivity index (χ0v) is 20.3. The lowest BCUT2D eigenvalue weighted by atomic mass is 10.3. The van der Waals surface area contributed by atoms with E-state index in [-0.39, 0.29) is 30.1 Å². The summed E-state index contributed by atoms with van der Waals surface area (Å²) in [5.41, 5.74) is 0.940. The largest absolute Gasteiger partial charge is 0.491 e. The van der Waals surface area contributed by atoms with Crippen LogP contribution >= 0.6 is 24.0 Å². The number of aliphatic imine (C=N–C) groups is 1. The molecular weight excluding hydrogens is 495 g/mol. The zero-order valence-electron chi connectivity index (χ0n) is 18.0. The van der Waals surface area contributed by atoms with Crippen molar-refractivity contribution in [2.45, 2.75) is 45.8 Å². The number of nitrogens with one attached hydrogen (secondary N) is 2. The van der Waals surface area contributed by atoms with E-state index in [9.17, 15) is 0 Å². The molecule has 1 aliphatic rings. The second-order valence-electron chi connectivity index (χ2n) is 7.64. The maximum Gasteiger partial charge on any atom is 0.196 e. The number of benzene rings is 1. The van der Waals surface area contributed by atoms with Gasteiger partial charge in [0.1, 0.15) is 18.6 Å². The lowest BCUT2D eigenvalue weighted by Crippen LogP contribution is -2.32. The van der Waals surface area contributed by atoms with Crippen LogP contribution in [0.5, 0.6) is 5.75 Å². The number of rotatable bonds is 11. The molecule has 1 aromatic carbocycles. The van der Waals surface area contributed by atoms with Gasteiger partial charge in [0.2, 0.25) is 0 Å². The Bertz CT molecular complexity index is 774. The number of aryl methyl sites for hydroxylation is 1. The predicted molar refractivity (Wildman–Crippen MR) is 130 cm³/mol. The Kier molecular flexibility index (Phi) is 10.4. The first kappa shape index (κ1) is 24.4. The van der Waals surface area contributed by atoms with Gasteiger partial charge in [-0.3, -0.25) is 0 Å². The minimum Gasteiger partial charge on any atom is -0.491 e. The van der Waals surface area contributed by atoms with Crippen LogP contribution in [-0.4, -0.2) is 46.6 Å². The SMILES string of the molecule is CC(C)Oc1ccc(NC(=NCc2nncn2C)NCCCOCC2CC2)cc1.I. The summed E-state index contributed by atoms with van der Waals surface area (Å²) in [7, 11) is 1.91. The van der Waals surface area contributed by atoms with Crippen LogP contribution in [0, 0.1) is 5.92 Å². The quantitative estimate of drug-likeness (QED) is 0.201. The number of halogens is 1. The van der Waals surface area contributed by atoms with E-state index < -0.39 is 0 Å². The Hall–Kier alpha value is -1.88. The van der Waals surface area contributed by atoms with Gasteiger partial charge in [0.15, 0.2) is 11.8 Å². The van der Waals surface area contributed by atoms with Crippen molar-refractivity contribution in [2.24, 2.45) is 18.0 Å². The van der Waals surface area contributed by atoms with E-state index in [2.05, 4.69) is 25.8 Å². The molecule has 1 heterocycles. The number of hydrogen-bond acceptors (Lipinski definition) is 5. The molecule has 1 fully saturated rings. The minimum atomic E-state index is 0. The van der Waals surface area contributed by atoms with Crippen molar-refractivity contribution < 1.29 is 9.47 Å². The van der Waals surface area contributed by atoms with Crippen LogP contribution in [0.25, 0.3) is 0 Å². The Morgan fingerprint density at radius 3 is 2.67 bits per heavy atom. The van der Waals surface area contributed by atoms with Crippen LogP contribution in [0.15, 0.2) is 35.6 Å². The molecule has 0 saturated heterocycles. The summed E-state index contributed by atoms with van der Waals surface area (Å²) in [6.45, 7) is 6.92. The van der Waals surface area contributed by atoms with Crippen LogP contribution in [0.4, 0.5) is 5.69 Å². The number of nitrogens with zero attached hydrogens (tertiary/aromatic N) is 4. The standard InChI is InChI=1S/C21H32N6O2.HI/c1-16(2)29-19-9-7-18(8-10-19)25-21(23-13-20-26-24-15-27(20)3)22-11-4-12-28-14-17-5-6-17;/h7-10,15-17H,4-6,11-14H2,1-3H3,(H2,22,23,25);1H. The number of guanidine groups is 1. The third kappa shape index (κ3) is 8.86. The molecule has 0 unspecified atom stereocenters. The second-order valence-corrected chi connectivity index (χ2v) is 7.64. The molecule has 0 atom stereocenters. The molecule has 30 heavy (non-hydrogen) atoms. The Morgan fingerprint density at radius 2 is 2.03 bits per heavy atom. The van der Waals surface area contributed by atoms with Gasteiger partial charge in [-0.15, -0.1) is 34.2 Å². The number of ether oxygens (including phenoxy) is 2. The third-order valence-corrected chi connectivity index (χ3v) is 4.48. The lowest BCUT2D eigenvalue weighted by Gasteiger charge is -2.14. The van der Waals surface area contributed by atoms with E-state index in [1.807, 2.05) is 49.7 Å². The van der Waals surface area contributed by atoms with Crippen molar-refractivity contribution in [3.8, 4) is 5.75 Å². The molecule has 0 spiro atoms. The van der Waals surface area contributed by atoms with Crippen molar-refractivity contribution >= 4 is 35.6 Å². The van der Waals surface area contributed by atoms with Crippen molar-refractivity contribution in [3.05, 3.63) is 36.4 Å². The van der Waals surface area contributed by atoms with E-state index in [1.165, 1.54) is 12.8 Å². The molecule has 1 aromatic heterocycles. The first-order chi connectivity index (χ1) is 14.1. The summed E-state index contributed by atoms with van der Waals surface area (Å²) in [6.07, 6.45) is 5.40. The van der Waals surface area contributed by atoms with E-state index in [0.717, 1.165) is 49.4 Å². The second kappa shape index (κ2) is 12.7. The summed E-state index contributed by atoms with van der Waals surface area (Å²) in [5.74, 6) is 3.16. The molecule has 0 bridgehead atoms. The molecule has 0 amide bonds. The van der Waals surface area contributed by atoms with E-state index in [4.69, 9.17) is 9.47 Å². The highest BCUT2D eigenvalue weighted by atomic mass is 127. The minimum absolute atomic E-state index is 0. The topological polar surface area (TPSA) is 85.6 Å². The molecule has 166 valence electrons. The smallest absolute Gasteiger partial charge is 0.196 e. The van der Waals surface area contributed by atoms with Crippen LogP contribution < -0.4 is 15.4 Å². The van der Waals surface area contributed by atoms with Crippen molar-refractivity contribution in [2.75, 3.05) is 25.1 Å². The van der Waals surface area contributed by atoms with Gasteiger partial charge in [-0.05, 0) is 63.3 Å².